The van der Waals surface area contributed by atoms with E-state index in [9.17, 15) is 18.0 Å². The van der Waals surface area contributed by atoms with Crippen molar-refractivity contribution >= 4 is 6.29 Å². The molecule has 0 aromatic heterocycles. The zero-order valence-corrected chi connectivity index (χ0v) is 9.29. The Labute approximate surface area is 102 Å². The van der Waals surface area contributed by atoms with Gasteiger partial charge in [-0.05, 0) is 23.3 Å². The zero-order valence-electron chi connectivity index (χ0n) is 9.29. The molecule has 0 radical (unpaired) electrons. The molecule has 0 aliphatic carbocycles. The standard InChI is InChI=1S/C14H9F3O/c15-12-5-4-11(13(16)14(12)17)7-9-2-1-3-10(6-9)8-18/h1-6,8H,7H2. The highest BCUT2D eigenvalue weighted by molar-refractivity contribution is 5.74. The third-order valence-electron chi connectivity index (χ3n) is 2.60. The number of aldehydes is 1. The van der Waals surface area contributed by atoms with E-state index < -0.39 is 17.5 Å². The Bertz CT molecular complexity index is 594. The van der Waals surface area contributed by atoms with Gasteiger partial charge in [0, 0.05) is 12.0 Å². The molecule has 0 atom stereocenters. The number of carbonyl (C=O) groups excluding carboxylic acids is 1. The molecule has 2 rings (SSSR count). The van der Waals surface area contributed by atoms with Gasteiger partial charge in [-0.3, -0.25) is 4.79 Å². The average molecular weight is 250 g/mol. The van der Waals surface area contributed by atoms with Crippen molar-refractivity contribution in [3.63, 3.8) is 0 Å². The summed E-state index contributed by atoms with van der Waals surface area (Å²) in [7, 11) is 0. The van der Waals surface area contributed by atoms with E-state index in [-0.39, 0.29) is 12.0 Å². The molecule has 4 heteroatoms. The van der Waals surface area contributed by atoms with Crippen molar-refractivity contribution in [1.29, 1.82) is 0 Å². The predicted molar refractivity (Wildman–Crippen MR) is 61.0 cm³/mol. The lowest BCUT2D eigenvalue weighted by Gasteiger charge is -2.05. The molecule has 2 aromatic rings. The van der Waals surface area contributed by atoms with Crippen LogP contribution in [0, 0.1) is 17.5 Å². The van der Waals surface area contributed by atoms with Crippen LogP contribution in [0.15, 0.2) is 36.4 Å². The van der Waals surface area contributed by atoms with Crippen molar-refractivity contribution in [1.82, 2.24) is 0 Å². The second kappa shape index (κ2) is 5.04. The molecule has 0 aliphatic heterocycles. The predicted octanol–water partition coefficient (Wildman–Crippen LogP) is 3.51. The van der Waals surface area contributed by atoms with Crippen LogP contribution in [-0.4, -0.2) is 6.29 Å². The highest BCUT2D eigenvalue weighted by atomic mass is 19.2. The molecule has 0 N–H and O–H groups in total. The summed E-state index contributed by atoms with van der Waals surface area (Å²) in [5.74, 6) is -3.87. The van der Waals surface area contributed by atoms with Crippen LogP contribution in [-0.2, 0) is 6.42 Å². The minimum absolute atomic E-state index is 0.0527. The summed E-state index contributed by atoms with van der Waals surface area (Å²) in [5, 5.41) is 0. The van der Waals surface area contributed by atoms with E-state index in [1.165, 1.54) is 6.07 Å². The Morgan fingerprint density at radius 2 is 1.78 bits per heavy atom. The monoisotopic (exact) mass is 250 g/mol. The van der Waals surface area contributed by atoms with E-state index in [1.54, 1.807) is 24.3 Å². The molecule has 0 unspecified atom stereocenters. The molecule has 92 valence electrons. The molecule has 0 fully saturated rings. The Morgan fingerprint density at radius 1 is 1.00 bits per heavy atom. The van der Waals surface area contributed by atoms with Gasteiger partial charge in [-0.15, -0.1) is 0 Å². The normalized spacial score (nSPS) is 10.4. The van der Waals surface area contributed by atoms with Crippen LogP contribution in [0.2, 0.25) is 0 Å². The van der Waals surface area contributed by atoms with Crippen molar-refractivity contribution in [2.24, 2.45) is 0 Å². The fourth-order valence-electron chi connectivity index (χ4n) is 1.70. The van der Waals surface area contributed by atoms with Crippen LogP contribution in [0.3, 0.4) is 0 Å². The molecule has 0 bridgehead atoms. The Kier molecular flexibility index (Phi) is 3.46. The molecular weight excluding hydrogens is 241 g/mol. The fourth-order valence-corrected chi connectivity index (χ4v) is 1.70. The summed E-state index contributed by atoms with van der Waals surface area (Å²) in [6.45, 7) is 0. The van der Waals surface area contributed by atoms with E-state index in [1.807, 2.05) is 0 Å². The van der Waals surface area contributed by atoms with Gasteiger partial charge in [0.2, 0.25) is 0 Å². The lowest BCUT2D eigenvalue weighted by Crippen LogP contribution is -1.99. The highest BCUT2D eigenvalue weighted by Gasteiger charge is 2.13. The summed E-state index contributed by atoms with van der Waals surface area (Å²) in [5.41, 5.74) is 1.16. The van der Waals surface area contributed by atoms with Gasteiger partial charge < -0.3 is 0 Å². The van der Waals surface area contributed by atoms with Gasteiger partial charge in [0.15, 0.2) is 17.5 Å². The maximum atomic E-state index is 13.4. The number of benzene rings is 2. The zero-order chi connectivity index (χ0) is 13.1. The van der Waals surface area contributed by atoms with Crippen molar-refractivity contribution < 1.29 is 18.0 Å². The summed E-state index contributed by atoms with van der Waals surface area (Å²) in [6, 6.07) is 8.61. The largest absolute Gasteiger partial charge is 0.298 e. The first-order valence-corrected chi connectivity index (χ1v) is 5.28. The van der Waals surface area contributed by atoms with Gasteiger partial charge in [0.05, 0.1) is 0 Å². The van der Waals surface area contributed by atoms with Gasteiger partial charge in [-0.2, -0.15) is 0 Å². The number of carbonyl (C=O) groups is 1. The molecule has 0 saturated heterocycles. The molecule has 0 amide bonds. The smallest absolute Gasteiger partial charge is 0.194 e. The van der Waals surface area contributed by atoms with Gasteiger partial charge in [-0.25, -0.2) is 13.2 Å². The number of hydrogen-bond donors (Lipinski definition) is 0. The molecule has 0 spiro atoms. The summed E-state index contributed by atoms with van der Waals surface area (Å²) < 4.78 is 39.2. The molecule has 0 heterocycles. The minimum Gasteiger partial charge on any atom is -0.298 e. The lowest BCUT2D eigenvalue weighted by atomic mass is 10.0. The first-order valence-electron chi connectivity index (χ1n) is 5.28. The molecular formula is C14H9F3O. The number of hydrogen-bond acceptors (Lipinski definition) is 1. The van der Waals surface area contributed by atoms with Crippen molar-refractivity contribution in [2.45, 2.75) is 6.42 Å². The maximum Gasteiger partial charge on any atom is 0.194 e. The van der Waals surface area contributed by atoms with Crippen LogP contribution >= 0.6 is 0 Å². The highest BCUT2D eigenvalue weighted by Crippen LogP contribution is 2.18. The second-order valence-electron chi connectivity index (χ2n) is 3.87. The average Bonchev–Trinajstić information content (AvgIpc) is 2.40. The summed E-state index contributed by atoms with van der Waals surface area (Å²) >= 11 is 0. The second-order valence-corrected chi connectivity index (χ2v) is 3.87. The van der Waals surface area contributed by atoms with Gasteiger partial charge >= 0.3 is 0 Å². The van der Waals surface area contributed by atoms with E-state index >= 15 is 0 Å². The summed E-state index contributed by atoms with van der Waals surface area (Å²) in [4.78, 5) is 10.6. The number of halogens is 3. The lowest BCUT2D eigenvalue weighted by molar-refractivity contribution is 0.112. The third kappa shape index (κ3) is 2.42. The summed E-state index contributed by atoms with van der Waals surface area (Å²) in [6.07, 6.45) is 0.774. The van der Waals surface area contributed by atoms with Crippen LogP contribution in [0.4, 0.5) is 13.2 Å². The van der Waals surface area contributed by atoms with Crippen molar-refractivity contribution in [3.8, 4) is 0 Å². The van der Waals surface area contributed by atoms with E-state index in [0.29, 0.717) is 17.4 Å². The topological polar surface area (TPSA) is 17.1 Å². The Hall–Kier alpha value is -2.10. The van der Waals surface area contributed by atoms with Crippen molar-refractivity contribution in [3.05, 3.63) is 70.5 Å². The van der Waals surface area contributed by atoms with E-state index in [0.717, 1.165) is 6.07 Å². The fraction of sp³-hybridized carbons (Fsp3) is 0.0714. The molecule has 18 heavy (non-hydrogen) atoms. The minimum atomic E-state index is -1.47. The molecule has 0 saturated carbocycles. The SMILES string of the molecule is O=Cc1cccc(Cc2ccc(F)c(F)c2F)c1. The quantitative estimate of drug-likeness (QED) is 0.601. The Morgan fingerprint density at radius 3 is 2.50 bits per heavy atom. The van der Waals surface area contributed by atoms with E-state index in [2.05, 4.69) is 0 Å². The Balaban J connectivity index is 2.34. The third-order valence-corrected chi connectivity index (χ3v) is 2.60. The van der Waals surface area contributed by atoms with Crippen LogP contribution in [0.25, 0.3) is 0 Å². The van der Waals surface area contributed by atoms with E-state index in [4.69, 9.17) is 0 Å². The maximum absolute atomic E-state index is 13.4. The first-order chi connectivity index (χ1) is 8.61. The number of rotatable bonds is 3. The van der Waals surface area contributed by atoms with Crippen LogP contribution < -0.4 is 0 Å². The first kappa shape index (κ1) is 12.4. The van der Waals surface area contributed by atoms with Gasteiger partial charge in [-0.1, -0.05) is 24.3 Å². The van der Waals surface area contributed by atoms with Crippen molar-refractivity contribution in [2.75, 3.05) is 0 Å². The van der Waals surface area contributed by atoms with Gasteiger partial charge in [0.1, 0.15) is 6.29 Å². The van der Waals surface area contributed by atoms with Crippen LogP contribution in [0.1, 0.15) is 21.5 Å². The van der Waals surface area contributed by atoms with Gasteiger partial charge in [0.25, 0.3) is 0 Å². The molecule has 2 aromatic carbocycles. The molecule has 0 aliphatic rings. The molecule has 1 nitrogen and oxygen atoms in total. The van der Waals surface area contributed by atoms with Crippen LogP contribution in [0.5, 0.6) is 0 Å².